The van der Waals surface area contributed by atoms with E-state index in [-0.39, 0.29) is 0 Å². The number of hydrogen-bond acceptors (Lipinski definition) is 2. The lowest BCUT2D eigenvalue weighted by Crippen LogP contribution is -1.82. The summed E-state index contributed by atoms with van der Waals surface area (Å²) in [6.45, 7) is 6.27. The van der Waals surface area contributed by atoms with Crippen molar-refractivity contribution < 1.29 is 0 Å². The zero-order chi connectivity index (χ0) is 12.3. The molecule has 2 rings (SSSR count). The summed E-state index contributed by atoms with van der Waals surface area (Å²) in [6.07, 6.45) is 3.70. The molecule has 0 fully saturated rings. The molecule has 0 aliphatic rings. The van der Waals surface area contributed by atoms with Gasteiger partial charge in [-0.05, 0) is 35.9 Å². The van der Waals surface area contributed by atoms with Crippen molar-refractivity contribution in [2.75, 3.05) is 0 Å². The van der Waals surface area contributed by atoms with Crippen LogP contribution in [0.2, 0.25) is 0 Å². The van der Waals surface area contributed by atoms with Crippen LogP contribution in [0.3, 0.4) is 0 Å². The molecule has 2 heterocycles. The van der Waals surface area contributed by atoms with E-state index in [0.29, 0.717) is 5.92 Å². The minimum Gasteiger partial charge on any atom is -0.263 e. The summed E-state index contributed by atoms with van der Waals surface area (Å²) in [5.74, 6) is 6.52. The molecule has 0 saturated heterocycles. The molecule has 1 nitrogen and oxygen atoms in total. The van der Waals surface area contributed by atoms with Gasteiger partial charge in [-0.1, -0.05) is 19.8 Å². The van der Waals surface area contributed by atoms with Gasteiger partial charge in [-0.3, -0.25) is 4.98 Å². The lowest BCUT2D eigenvalue weighted by molar-refractivity contribution is 0.890. The van der Waals surface area contributed by atoms with Crippen molar-refractivity contribution in [1.82, 2.24) is 4.98 Å². The standard InChI is InChI=1S/C15H15NS/c1-4-5-12-6-13(9-16-8-12)14-7-15(11(2)3)17-10-14/h6-11H,1-3H3. The Morgan fingerprint density at radius 1 is 1.18 bits per heavy atom. The Morgan fingerprint density at radius 2 is 2.00 bits per heavy atom. The highest BCUT2D eigenvalue weighted by atomic mass is 32.1. The molecule has 17 heavy (non-hydrogen) atoms. The second kappa shape index (κ2) is 5.16. The van der Waals surface area contributed by atoms with E-state index in [2.05, 4.69) is 48.2 Å². The predicted octanol–water partition coefficient (Wildman–Crippen LogP) is 4.30. The molecule has 0 amide bonds. The topological polar surface area (TPSA) is 12.9 Å². The van der Waals surface area contributed by atoms with E-state index in [0.717, 1.165) is 11.1 Å². The summed E-state index contributed by atoms with van der Waals surface area (Å²) in [5, 5.41) is 2.19. The minimum atomic E-state index is 0.584. The zero-order valence-corrected chi connectivity index (χ0v) is 11.1. The van der Waals surface area contributed by atoms with E-state index >= 15 is 0 Å². The number of nitrogens with zero attached hydrogens (tertiary/aromatic N) is 1. The van der Waals surface area contributed by atoms with Gasteiger partial charge in [0.15, 0.2) is 0 Å². The van der Waals surface area contributed by atoms with Gasteiger partial charge < -0.3 is 0 Å². The summed E-state index contributed by atoms with van der Waals surface area (Å²) in [4.78, 5) is 5.65. The van der Waals surface area contributed by atoms with E-state index < -0.39 is 0 Å². The predicted molar refractivity (Wildman–Crippen MR) is 74.2 cm³/mol. The summed E-state index contributed by atoms with van der Waals surface area (Å²) < 4.78 is 0. The second-order valence-electron chi connectivity index (χ2n) is 4.23. The van der Waals surface area contributed by atoms with E-state index in [9.17, 15) is 0 Å². The van der Waals surface area contributed by atoms with E-state index in [4.69, 9.17) is 0 Å². The molecule has 0 N–H and O–H groups in total. The molecule has 0 radical (unpaired) electrons. The maximum Gasteiger partial charge on any atom is 0.0434 e. The van der Waals surface area contributed by atoms with Gasteiger partial charge in [0.1, 0.15) is 0 Å². The maximum absolute atomic E-state index is 4.24. The van der Waals surface area contributed by atoms with E-state index in [1.165, 1.54) is 10.4 Å². The number of pyridine rings is 1. The number of thiophene rings is 1. The summed E-state index contributed by atoms with van der Waals surface area (Å²) in [6, 6.07) is 4.34. The fraction of sp³-hybridized carbons (Fsp3) is 0.267. The fourth-order valence-electron chi connectivity index (χ4n) is 1.62. The van der Waals surface area contributed by atoms with Gasteiger partial charge in [-0.15, -0.1) is 17.3 Å². The molecule has 0 aliphatic heterocycles. The number of hydrogen-bond donors (Lipinski definition) is 0. The highest BCUT2D eigenvalue weighted by molar-refractivity contribution is 7.10. The lowest BCUT2D eigenvalue weighted by Gasteiger charge is -1.99. The fourth-order valence-corrected chi connectivity index (χ4v) is 2.55. The Morgan fingerprint density at radius 3 is 2.65 bits per heavy atom. The maximum atomic E-state index is 4.24. The number of aromatic nitrogens is 1. The van der Waals surface area contributed by atoms with Gasteiger partial charge >= 0.3 is 0 Å². The molecule has 2 aromatic heterocycles. The molecular weight excluding hydrogens is 226 g/mol. The molecule has 2 heteroatoms. The first-order chi connectivity index (χ1) is 8.20. The quantitative estimate of drug-likeness (QED) is 0.714. The first-order valence-electron chi connectivity index (χ1n) is 5.67. The van der Waals surface area contributed by atoms with Crippen molar-refractivity contribution in [3.63, 3.8) is 0 Å². The second-order valence-corrected chi connectivity index (χ2v) is 5.17. The van der Waals surface area contributed by atoms with Crippen LogP contribution in [0, 0.1) is 11.8 Å². The molecule has 86 valence electrons. The van der Waals surface area contributed by atoms with Crippen molar-refractivity contribution >= 4 is 11.3 Å². The smallest absolute Gasteiger partial charge is 0.0434 e. The van der Waals surface area contributed by atoms with E-state index in [1.54, 1.807) is 6.20 Å². The SMILES string of the molecule is CC#Cc1cncc(-c2csc(C(C)C)c2)c1. The molecule has 0 bridgehead atoms. The van der Waals surface area contributed by atoms with Gasteiger partial charge in [0.2, 0.25) is 0 Å². The molecule has 0 atom stereocenters. The molecule has 0 unspecified atom stereocenters. The van der Waals surface area contributed by atoms with Crippen molar-refractivity contribution in [2.24, 2.45) is 0 Å². The lowest BCUT2D eigenvalue weighted by atomic mass is 10.1. The summed E-state index contributed by atoms with van der Waals surface area (Å²) in [7, 11) is 0. The molecule has 0 saturated carbocycles. The van der Waals surface area contributed by atoms with Gasteiger partial charge in [0, 0.05) is 28.4 Å². The molecule has 0 aromatic carbocycles. The highest BCUT2D eigenvalue weighted by Crippen LogP contribution is 2.29. The Kier molecular flexibility index (Phi) is 3.61. The van der Waals surface area contributed by atoms with Crippen LogP contribution in [0.4, 0.5) is 0 Å². The summed E-state index contributed by atoms with van der Waals surface area (Å²) in [5.41, 5.74) is 3.36. The monoisotopic (exact) mass is 241 g/mol. The van der Waals surface area contributed by atoms with Crippen LogP contribution in [-0.2, 0) is 0 Å². The third kappa shape index (κ3) is 2.75. The van der Waals surface area contributed by atoms with Gasteiger partial charge in [-0.2, -0.15) is 0 Å². The van der Waals surface area contributed by atoms with E-state index in [1.807, 2.05) is 24.5 Å². The van der Waals surface area contributed by atoms with Crippen LogP contribution in [-0.4, -0.2) is 4.98 Å². The van der Waals surface area contributed by atoms with Crippen LogP contribution < -0.4 is 0 Å². The molecular formula is C15H15NS. The zero-order valence-electron chi connectivity index (χ0n) is 10.3. The average Bonchev–Trinajstić information content (AvgIpc) is 2.79. The van der Waals surface area contributed by atoms with Crippen molar-refractivity contribution in [2.45, 2.75) is 26.7 Å². The normalized spacial score (nSPS) is 10.1. The minimum absolute atomic E-state index is 0.584. The largest absolute Gasteiger partial charge is 0.263 e. The Bertz CT molecular complexity index is 570. The third-order valence-electron chi connectivity index (χ3n) is 2.53. The van der Waals surface area contributed by atoms with Crippen LogP contribution in [0.5, 0.6) is 0 Å². The number of rotatable bonds is 2. The van der Waals surface area contributed by atoms with Crippen LogP contribution >= 0.6 is 11.3 Å². The van der Waals surface area contributed by atoms with Gasteiger partial charge in [0.05, 0.1) is 0 Å². The first kappa shape index (κ1) is 11.9. The van der Waals surface area contributed by atoms with Crippen molar-refractivity contribution in [3.8, 4) is 23.0 Å². The first-order valence-corrected chi connectivity index (χ1v) is 6.55. The van der Waals surface area contributed by atoms with Gasteiger partial charge in [0.25, 0.3) is 0 Å². The van der Waals surface area contributed by atoms with Gasteiger partial charge in [-0.25, -0.2) is 0 Å². The molecule has 2 aromatic rings. The van der Waals surface area contributed by atoms with Crippen molar-refractivity contribution in [1.29, 1.82) is 0 Å². The van der Waals surface area contributed by atoms with Crippen LogP contribution in [0.25, 0.3) is 11.1 Å². The van der Waals surface area contributed by atoms with Crippen LogP contribution in [0.1, 0.15) is 37.1 Å². The van der Waals surface area contributed by atoms with Crippen LogP contribution in [0.15, 0.2) is 29.9 Å². The Balaban J connectivity index is 2.37. The Hall–Kier alpha value is -1.59. The average molecular weight is 241 g/mol. The molecule has 0 spiro atoms. The Labute approximate surface area is 107 Å². The summed E-state index contributed by atoms with van der Waals surface area (Å²) >= 11 is 1.81. The highest BCUT2D eigenvalue weighted by Gasteiger charge is 2.06. The molecule has 0 aliphatic carbocycles. The third-order valence-corrected chi connectivity index (χ3v) is 3.76. The van der Waals surface area contributed by atoms with Crippen molar-refractivity contribution in [3.05, 3.63) is 40.3 Å².